The van der Waals surface area contributed by atoms with Gasteiger partial charge >= 0.3 is 0 Å². The number of pyridine rings is 2. The zero-order valence-electron chi connectivity index (χ0n) is 30.2. The SMILES string of the molecule is c1ccc(-c2cc(-c3ccccn3)nc(-c3ccc(-c4cc(-n5c6ccccc6c6ccccc65)cc(-n5c6ccccc6c6ccccc65)c4)cc3)n2)nc1. The van der Waals surface area contributed by atoms with Crippen molar-refractivity contribution in [2.75, 3.05) is 0 Å². The Kier molecular flexibility index (Phi) is 7.38. The van der Waals surface area contributed by atoms with Crippen LogP contribution in [0.3, 0.4) is 0 Å². The molecule has 0 saturated heterocycles. The lowest BCUT2D eigenvalue weighted by Crippen LogP contribution is -2.00. The van der Waals surface area contributed by atoms with Crippen molar-refractivity contribution in [3.63, 3.8) is 0 Å². The van der Waals surface area contributed by atoms with E-state index in [1.165, 1.54) is 43.6 Å². The fourth-order valence-electron chi connectivity index (χ4n) is 8.10. The average Bonchev–Trinajstić information content (AvgIpc) is 3.80. The lowest BCUT2D eigenvalue weighted by molar-refractivity contribution is 1.13. The molecule has 11 rings (SSSR count). The first-order valence-electron chi connectivity index (χ1n) is 18.7. The molecule has 0 N–H and O–H groups in total. The van der Waals surface area contributed by atoms with Crippen LogP contribution >= 0.6 is 0 Å². The first kappa shape index (κ1) is 31.8. The van der Waals surface area contributed by atoms with Gasteiger partial charge in [-0.15, -0.1) is 0 Å². The third kappa shape index (κ3) is 5.27. The number of rotatable bonds is 6. The molecular formula is C50H32N6. The number of benzene rings is 6. The van der Waals surface area contributed by atoms with Crippen LogP contribution in [-0.4, -0.2) is 29.1 Å². The van der Waals surface area contributed by atoms with Gasteiger partial charge in [-0.25, -0.2) is 9.97 Å². The molecule has 5 aromatic heterocycles. The van der Waals surface area contributed by atoms with Crippen molar-refractivity contribution in [1.82, 2.24) is 29.1 Å². The third-order valence-corrected chi connectivity index (χ3v) is 10.6. The third-order valence-electron chi connectivity index (χ3n) is 10.6. The summed E-state index contributed by atoms with van der Waals surface area (Å²) >= 11 is 0. The van der Waals surface area contributed by atoms with Crippen LogP contribution in [-0.2, 0) is 0 Å². The number of para-hydroxylation sites is 4. The minimum absolute atomic E-state index is 0.616. The first-order valence-corrected chi connectivity index (χ1v) is 18.7. The molecule has 262 valence electrons. The summed E-state index contributed by atoms with van der Waals surface area (Å²) in [6.07, 6.45) is 3.57. The van der Waals surface area contributed by atoms with Crippen molar-refractivity contribution in [3.05, 3.63) is 194 Å². The van der Waals surface area contributed by atoms with Crippen LogP contribution < -0.4 is 0 Å². The lowest BCUT2D eigenvalue weighted by atomic mass is 10.0. The first-order chi connectivity index (χ1) is 27.8. The molecule has 56 heavy (non-hydrogen) atoms. The van der Waals surface area contributed by atoms with Crippen molar-refractivity contribution >= 4 is 43.6 Å². The lowest BCUT2D eigenvalue weighted by Gasteiger charge is -2.16. The molecule has 0 amide bonds. The van der Waals surface area contributed by atoms with Crippen molar-refractivity contribution in [2.45, 2.75) is 0 Å². The fourth-order valence-corrected chi connectivity index (χ4v) is 8.10. The zero-order chi connectivity index (χ0) is 37.0. The molecule has 0 aliphatic carbocycles. The molecule has 0 fully saturated rings. The van der Waals surface area contributed by atoms with Gasteiger partial charge in [0.2, 0.25) is 0 Å². The normalized spacial score (nSPS) is 11.6. The zero-order valence-corrected chi connectivity index (χ0v) is 30.2. The van der Waals surface area contributed by atoms with Crippen LogP contribution in [0.5, 0.6) is 0 Å². The molecule has 0 aliphatic rings. The van der Waals surface area contributed by atoms with E-state index in [1.807, 2.05) is 42.5 Å². The Bertz CT molecular complexity index is 2940. The largest absolute Gasteiger partial charge is 0.309 e. The van der Waals surface area contributed by atoms with E-state index in [4.69, 9.17) is 9.97 Å². The number of hydrogen-bond acceptors (Lipinski definition) is 4. The maximum Gasteiger partial charge on any atom is 0.160 e. The summed E-state index contributed by atoms with van der Waals surface area (Å²) in [7, 11) is 0. The molecule has 0 saturated carbocycles. The number of nitrogens with zero attached hydrogens (tertiary/aromatic N) is 6. The predicted molar refractivity (Wildman–Crippen MR) is 228 cm³/mol. The van der Waals surface area contributed by atoms with Gasteiger partial charge in [-0.1, -0.05) is 109 Å². The van der Waals surface area contributed by atoms with Crippen LogP contribution in [0, 0.1) is 0 Å². The van der Waals surface area contributed by atoms with E-state index < -0.39 is 0 Å². The van der Waals surface area contributed by atoms with Gasteiger partial charge in [0, 0.05) is 50.9 Å². The van der Waals surface area contributed by atoms with Gasteiger partial charge in [0.05, 0.1) is 44.8 Å². The van der Waals surface area contributed by atoms with Gasteiger partial charge in [0.25, 0.3) is 0 Å². The summed E-state index contributed by atoms with van der Waals surface area (Å²) < 4.78 is 4.80. The summed E-state index contributed by atoms with van der Waals surface area (Å²) in [5.41, 5.74) is 13.0. The molecule has 5 heterocycles. The Morgan fingerprint density at radius 2 is 0.696 bits per heavy atom. The van der Waals surface area contributed by atoms with E-state index in [-0.39, 0.29) is 0 Å². The van der Waals surface area contributed by atoms with Crippen molar-refractivity contribution < 1.29 is 0 Å². The summed E-state index contributed by atoms with van der Waals surface area (Å²) in [6.45, 7) is 0. The molecule has 0 atom stereocenters. The van der Waals surface area contributed by atoms with Crippen LogP contribution in [0.2, 0.25) is 0 Å². The number of hydrogen-bond donors (Lipinski definition) is 0. The second-order valence-corrected chi connectivity index (χ2v) is 13.9. The van der Waals surface area contributed by atoms with E-state index in [9.17, 15) is 0 Å². The highest BCUT2D eigenvalue weighted by atomic mass is 15.0. The average molecular weight is 717 g/mol. The minimum Gasteiger partial charge on any atom is -0.309 e. The van der Waals surface area contributed by atoms with E-state index in [2.05, 4.69) is 159 Å². The highest BCUT2D eigenvalue weighted by molar-refractivity contribution is 6.10. The molecule has 6 heteroatoms. The molecule has 0 unspecified atom stereocenters. The van der Waals surface area contributed by atoms with Crippen molar-refractivity contribution in [2.24, 2.45) is 0 Å². The van der Waals surface area contributed by atoms with Crippen LogP contribution in [0.4, 0.5) is 0 Å². The Hall–Kier alpha value is -7.70. The van der Waals surface area contributed by atoms with Crippen molar-refractivity contribution in [3.8, 4) is 56.7 Å². The highest BCUT2D eigenvalue weighted by Gasteiger charge is 2.18. The highest BCUT2D eigenvalue weighted by Crippen LogP contribution is 2.38. The molecule has 0 spiro atoms. The molecule has 0 radical (unpaired) electrons. The monoisotopic (exact) mass is 716 g/mol. The van der Waals surface area contributed by atoms with Gasteiger partial charge < -0.3 is 9.13 Å². The summed E-state index contributed by atoms with van der Waals surface area (Å²) in [6, 6.07) is 63.9. The van der Waals surface area contributed by atoms with Gasteiger partial charge in [-0.05, 0) is 83.9 Å². The standard InChI is InChI=1S/C50H32N6/c1-5-19-46-38(13-1)39-14-2-6-20-47(39)55(46)36-29-35(30-37(31-36)56-48-21-7-3-15-40(48)41-16-4-8-22-49(41)56)33-23-25-34(26-24-33)50-53-44(42-17-9-11-27-51-42)32-45(54-50)43-18-10-12-28-52-43/h1-32H. The smallest absolute Gasteiger partial charge is 0.160 e. The van der Waals surface area contributed by atoms with Gasteiger partial charge in [-0.2, -0.15) is 0 Å². The second-order valence-electron chi connectivity index (χ2n) is 13.9. The molecule has 6 nitrogen and oxygen atoms in total. The number of aromatic nitrogens is 6. The van der Waals surface area contributed by atoms with Crippen molar-refractivity contribution in [1.29, 1.82) is 0 Å². The Labute approximate surface area is 322 Å². The Balaban J connectivity index is 1.11. The molecule has 0 aliphatic heterocycles. The summed E-state index contributed by atoms with van der Waals surface area (Å²) in [4.78, 5) is 19.2. The molecule has 0 bridgehead atoms. The summed E-state index contributed by atoms with van der Waals surface area (Å²) in [5.74, 6) is 0.616. The maximum absolute atomic E-state index is 5.01. The van der Waals surface area contributed by atoms with Crippen LogP contribution in [0.15, 0.2) is 194 Å². The molecule has 11 aromatic rings. The van der Waals surface area contributed by atoms with E-state index in [0.29, 0.717) is 5.82 Å². The maximum atomic E-state index is 5.01. The fraction of sp³-hybridized carbons (Fsp3) is 0. The molecular weight excluding hydrogens is 685 g/mol. The van der Waals surface area contributed by atoms with E-state index in [1.54, 1.807) is 12.4 Å². The van der Waals surface area contributed by atoms with E-state index in [0.717, 1.165) is 50.8 Å². The van der Waals surface area contributed by atoms with Crippen LogP contribution in [0.1, 0.15) is 0 Å². The topological polar surface area (TPSA) is 61.4 Å². The van der Waals surface area contributed by atoms with Gasteiger partial charge in [-0.3, -0.25) is 9.97 Å². The Morgan fingerprint density at radius 1 is 0.304 bits per heavy atom. The van der Waals surface area contributed by atoms with Gasteiger partial charge in [0.1, 0.15) is 0 Å². The Morgan fingerprint density at radius 3 is 1.11 bits per heavy atom. The minimum atomic E-state index is 0.616. The summed E-state index contributed by atoms with van der Waals surface area (Å²) in [5, 5.41) is 4.92. The van der Waals surface area contributed by atoms with E-state index >= 15 is 0 Å². The van der Waals surface area contributed by atoms with Crippen LogP contribution in [0.25, 0.3) is 100 Å². The predicted octanol–water partition coefficient (Wildman–Crippen LogP) is 12.1. The van der Waals surface area contributed by atoms with Gasteiger partial charge in [0.15, 0.2) is 5.82 Å². The molecule has 6 aromatic carbocycles. The second kappa shape index (κ2) is 13.0. The number of fused-ring (bicyclic) bond motifs is 6. The quantitative estimate of drug-likeness (QED) is 0.172.